The lowest BCUT2D eigenvalue weighted by molar-refractivity contribution is -0.167. The maximum absolute atomic E-state index is 12.5. The van der Waals surface area contributed by atoms with E-state index >= 15 is 0 Å². The molecule has 0 N–H and O–H groups in total. The highest BCUT2D eigenvalue weighted by atomic mass is 16.6. The van der Waals surface area contributed by atoms with Crippen LogP contribution >= 0.6 is 0 Å². The average Bonchev–Trinajstić information content (AvgIpc) is 3.01. The summed E-state index contributed by atoms with van der Waals surface area (Å²) in [5.74, 6) is 0.717. The van der Waals surface area contributed by atoms with Gasteiger partial charge in [-0.1, -0.05) is 163 Å². The summed E-state index contributed by atoms with van der Waals surface area (Å²) in [7, 11) is 0. The van der Waals surface area contributed by atoms with Crippen LogP contribution in [0.3, 0.4) is 0 Å². The first-order valence-corrected chi connectivity index (χ1v) is 19.3. The van der Waals surface area contributed by atoms with E-state index in [1.165, 1.54) is 89.9 Å². The van der Waals surface area contributed by atoms with E-state index in [9.17, 15) is 14.4 Å². The summed E-state index contributed by atoms with van der Waals surface area (Å²) in [6.45, 7) is 11.2. The molecule has 0 aromatic carbocycles. The molecule has 0 aliphatic rings. The highest BCUT2D eigenvalue weighted by molar-refractivity contribution is 5.71. The lowest BCUT2D eigenvalue weighted by Gasteiger charge is -2.18. The molecule has 0 fully saturated rings. The van der Waals surface area contributed by atoms with Crippen LogP contribution in [0.5, 0.6) is 0 Å². The van der Waals surface area contributed by atoms with Gasteiger partial charge in [-0.15, -0.1) is 0 Å². The Kier molecular flexibility index (Phi) is 31.2. The third-order valence-electron chi connectivity index (χ3n) is 8.83. The second kappa shape index (κ2) is 32.4. The molecule has 0 rings (SSSR count). The fraction of sp³-hybridized carbons (Fsp3) is 0.923. The van der Waals surface area contributed by atoms with E-state index in [-0.39, 0.29) is 31.1 Å². The van der Waals surface area contributed by atoms with Crippen LogP contribution in [-0.4, -0.2) is 37.2 Å². The van der Waals surface area contributed by atoms with Gasteiger partial charge in [0.05, 0.1) is 0 Å². The molecule has 0 bridgehead atoms. The fourth-order valence-electron chi connectivity index (χ4n) is 5.48. The van der Waals surface area contributed by atoms with Gasteiger partial charge < -0.3 is 14.2 Å². The Labute approximate surface area is 278 Å². The molecule has 0 saturated carbocycles. The molecule has 6 heteroatoms. The summed E-state index contributed by atoms with van der Waals surface area (Å²) in [5.41, 5.74) is 0. The quantitative estimate of drug-likeness (QED) is 0.0404. The van der Waals surface area contributed by atoms with Crippen LogP contribution in [-0.2, 0) is 28.6 Å². The first-order chi connectivity index (χ1) is 21.8. The van der Waals surface area contributed by atoms with Crippen molar-refractivity contribution < 1.29 is 28.6 Å². The van der Waals surface area contributed by atoms with Crippen LogP contribution < -0.4 is 0 Å². The lowest BCUT2D eigenvalue weighted by atomic mass is 10.00. The van der Waals surface area contributed by atoms with E-state index < -0.39 is 6.10 Å². The van der Waals surface area contributed by atoms with Gasteiger partial charge in [0.1, 0.15) is 13.2 Å². The van der Waals surface area contributed by atoms with Crippen LogP contribution in [0.2, 0.25) is 0 Å². The standard InChI is InChI=1S/C39H74O6/c1-6-8-9-10-12-21-26-31-39(42)45-36(32-43-37(40)29-24-19-14-11-13-17-22-27-34(3)4)33-44-38(41)30-25-20-16-15-18-23-28-35(5)7-2/h34-36H,6-33H2,1-5H3/t35?,36-/m0/s1. The number of esters is 3. The highest BCUT2D eigenvalue weighted by Gasteiger charge is 2.19. The summed E-state index contributed by atoms with van der Waals surface area (Å²) >= 11 is 0. The maximum Gasteiger partial charge on any atom is 0.306 e. The van der Waals surface area contributed by atoms with Crippen LogP contribution in [0.25, 0.3) is 0 Å². The number of carbonyl (C=O) groups excluding carboxylic acids is 3. The maximum atomic E-state index is 12.5. The summed E-state index contributed by atoms with van der Waals surface area (Å²) in [6.07, 6.45) is 26.8. The van der Waals surface area contributed by atoms with Crippen molar-refractivity contribution in [3.8, 4) is 0 Å². The molecule has 0 radical (unpaired) electrons. The van der Waals surface area contributed by atoms with E-state index in [1.54, 1.807) is 0 Å². The molecular weight excluding hydrogens is 564 g/mol. The molecule has 266 valence electrons. The summed E-state index contributed by atoms with van der Waals surface area (Å²) in [4.78, 5) is 37.3. The van der Waals surface area contributed by atoms with Crippen molar-refractivity contribution in [1.29, 1.82) is 0 Å². The van der Waals surface area contributed by atoms with Crippen molar-refractivity contribution in [3.63, 3.8) is 0 Å². The second-order valence-corrected chi connectivity index (χ2v) is 13.9. The lowest BCUT2D eigenvalue weighted by Crippen LogP contribution is -2.30. The molecule has 0 amide bonds. The van der Waals surface area contributed by atoms with Gasteiger partial charge in [0.2, 0.25) is 0 Å². The normalized spacial score (nSPS) is 12.7. The zero-order valence-electron chi connectivity index (χ0n) is 30.5. The van der Waals surface area contributed by atoms with Crippen LogP contribution in [0.1, 0.15) is 202 Å². The minimum absolute atomic E-state index is 0.0681. The van der Waals surface area contributed by atoms with Gasteiger partial charge in [-0.2, -0.15) is 0 Å². The fourth-order valence-corrected chi connectivity index (χ4v) is 5.48. The van der Waals surface area contributed by atoms with Gasteiger partial charge >= 0.3 is 17.9 Å². The number of rotatable bonds is 33. The molecule has 0 aliphatic carbocycles. The van der Waals surface area contributed by atoms with Crippen LogP contribution in [0.15, 0.2) is 0 Å². The Hall–Kier alpha value is -1.59. The molecule has 2 atom stereocenters. The van der Waals surface area contributed by atoms with Crippen molar-refractivity contribution in [1.82, 2.24) is 0 Å². The van der Waals surface area contributed by atoms with E-state index in [4.69, 9.17) is 14.2 Å². The Bertz CT molecular complexity index is 691. The number of ether oxygens (including phenoxy) is 3. The van der Waals surface area contributed by atoms with Crippen molar-refractivity contribution in [2.24, 2.45) is 11.8 Å². The second-order valence-electron chi connectivity index (χ2n) is 13.9. The monoisotopic (exact) mass is 639 g/mol. The first-order valence-electron chi connectivity index (χ1n) is 19.3. The molecule has 0 aromatic rings. The molecule has 0 heterocycles. The van der Waals surface area contributed by atoms with Crippen molar-refractivity contribution in [2.45, 2.75) is 208 Å². The van der Waals surface area contributed by atoms with Gasteiger partial charge in [-0.3, -0.25) is 14.4 Å². The van der Waals surface area contributed by atoms with E-state index in [0.29, 0.717) is 19.3 Å². The van der Waals surface area contributed by atoms with Gasteiger partial charge in [0.25, 0.3) is 0 Å². The molecular formula is C39H74O6. The number of hydrogen-bond donors (Lipinski definition) is 0. The van der Waals surface area contributed by atoms with Crippen LogP contribution in [0, 0.1) is 11.8 Å². The van der Waals surface area contributed by atoms with Gasteiger partial charge in [-0.05, 0) is 31.1 Å². The number of carbonyl (C=O) groups is 3. The van der Waals surface area contributed by atoms with Crippen molar-refractivity contribution >= 4 is 17.9 Å². The highest BCUT2D eigenvalue weighted by Crippen LogP contribution is 2.16. The first kappa shape index (κ1) is 43.4. The largest absolute Gasteiger partial charge is 0.462 e. The number of unbranched alkanes of at least 4 members (excludes halogenated alkanes) is 17. The summed E-state index contributed by atoms with van der Waals surface area (Å²) in [5, 5.41) is 0. The topological polar surface area (TPSA) is 78.9 Å². The predicted octanol–water partition coefficient (Wildman–Crippen LogP) is 11.5. The Balaban J connectivity index is 4.35. The van der Waals surface area contributed by atoms with Crippen molar-refractivity contribution in [3.05, 3.63) is 0 Å². The zero-order valence-corrected chi connectivity index (χ0v) is 30.5. The van der Waals surface area contributed by atoms with Crippen molar-refractivity contribution in [2.75, 3.05) is 13.2 Å². The minimum atomic E-state index is -0.758. The molecule has 0 saturated heterocycles. The van der Waals surface area contributed by atoms with E-state index in [0.717, 1.165) is 69.6 Å². The zero-order chi connectivity index (χ0) is 33.4. The van der Waals surface area contributed by atoms with E-state index in [1.807, 2.05) is 0 Å². The third kappa shape index (κ3) is 32.2. The minimum Gasteiger partial charge on any atom is -0.462 e. The summed E-state index contributed by atoms with van der Waals surface area (Å²) in [6, 6.07) is 0. The SMILES string of the molecule is CCCCCCCCCC(=O)O[C@@H](COC(=O)CCCCCCCCCC(C)C)COC(=O)CCCCCCCCC(C)CC. The molecule has 0 aliphatic heterocycles. The predicted molar refractivity (Wildman–Crippen MR) is 187 cm³/mol. The molecule has 0 aromatic heterocycles. The average molecular weight is 639 g/mol. The van der Waals surface area contributed by atoms with Gasteiger partial charge in [0.15, 0.2) is 6.10 Å². The molecule has 45 heavy (non-hydrogen) atoms. The molecule has 0 spiro atoms. The van der Waals surface area contributed by atoms with E-state index in [2.05, 4.69) is 34.6 Å². The Morgan fingerprint density at radius 2 is 0.844 bits per heavy atom. The third-order valence-corrected chi connectivity index (χ3v) is 8.83. The Morgan fingerprint density at radius 1 is 0.467 bits per heavy atom. The molecule has 6 nitrogen and oxygen atoms in total. The smallest absolute Gasteiger partial charge is 0.306 e. The number of hydrogen-bond acceptors (Lipinski definition) is 6. The van der Waals surface area contributed by atoms with Gasteiger partial charge in [-0.25, -0.2) is 0 Å². The Morgan fingerprint density at radius 3 is 1.27 bits per heavy atom. The van der Waals surface area contributed by atoms with Crippen LogP contribution in [0.4, 0.5) is 0 Å². The molecule has 1 unspecified atom stereocenters. The summed E-state index contributed by atoms with van der Waals surface area (Å²) < 4.78 is 16.5. The van der Waals surface area contributed by atoms with Gasteiger partial charge in [0, 0.05) is 19.3 Å².